The highest BCUT2D eigenvalue weighted by atomic mass is 35.5. The third kappa shape index (κ3) is 2.16. The summed E-state index contributed by atoms with van der Waals surface area (Å²) in [7, 11) is 1.88. The van der Waals surface area contributed by atoms with Crippen LogP contribution in [0.25, 0.3) is 0 Å². The summed E-state index contributed by atoms with van der Waals surface area (Å²) < 4.78 is 1.78. The highest BCUT2D eigenvalue weighted by Crippen LogP contribution is 2.29. The summed E-state index contributed by atoms with van der Waals surface area (Å²) in [6, 6.07) is 5.63. The molecule has 96 valence electrons. The Morgan fingerprint density at radius 2 is 1.94 bits per heavy atom. The number of hydrogen-bond donors (Lipinski definition) is 1. The molecule has 1 aromatic heterocycles. The number of halogens is 1. The predicted molar refractivity (Wildman–Crippen MR) is 72.9 cm³/mol. The highest BCUT2D eigenvalue weighted by molar-refractivity contribution is 6.31. The van der Waals surface area contributed by atoms with E-state index in [2.05, 4.69) is 5.10 Å². The van der Waals surface area contributed by atoms with Crippen molar-refractivity contribution in [3.05, 3.63) is 51.3 Å². The lowest BCUT2D eigenvalue weighted by atomic mass is 9.99. The summed E-state index contributed by atoms with van der Waals surface area (Å²) in [5.41, 5.74) is 4.48. The second-order valence-electron chi connectivity index (χ2n) is 4.62. The van der Waals surface area contributed by atoms with E-state index < -0.39 is 6.10 Å². The Bertz CT molecular complexity index is 590. The monoisotopic (exact) mass is 264 g/mol. The van der Waals surface area contributed by atoms with E-state index in [1.54, 1.807) is 4.68 Å². The van der Waals surface area contributed by atoms with Crippen LogP contribution in [0.4, 0.5) is 0 Å². The van der Waals surface area contributed by atoms with Crippen LogP contribution in [-0.4, -0.2) is 14.9 Å². The van der Waals surface area contributed by atoms with Gasteiger partial charge in [0, 0.05) is 23.3 Å². The number of rotatable bonds is 2. The zero-order valence-electron chi connectivity index (χ0n) is 11.0. The van der Waals surface area contributed by atoms with Crippen molar-refractivity contribution in [2.45, 2.75) is 26.9 Å². The first-order valence-electron chi connectivity index (χ1n) is 5.86. The average Bonchev–Trinajstić information content (AvgIpc) is 2.56. The molecule has 1 atom stereocenters. The molecule has 1 unspecified atom stereocenters. The minimum atomic E-state index is -0.684. The topological polar surface area (TPSA) is 38.1 Å². The van der Waals surface area contributed by atoms with Gasteiger partial charge in [-0.05, 0) is 38.0 Å². The maximum atomic E-state index is 10.5. The van der Waals surface area contributed by atoms with E-state index >= 15 is 0 Å². The van der Waals surface area contributed by atoms with Crippen molar-refractivity contribution in [1.82, 2.24) is 9.78 Å². The van der Waals surface area contributed by atoms with Crippen LogP contribution in [0.15, 0.2) is 18.2 Å². The molecule has 0 radical (unpaired) electrons. The normalized spacial score (nSPS) is 12.8. The van der Waals surface area contributed by atoms with Crippen LogP contribution in [0, 0.1) is 20.8 Å². The predicted octanol–water partition coefficient (Wildman–Crippen LogP) is 3.08. The summed E-state index contributed by atoms with van der Waals surface area (Å²) in [5.74, 6) is 0. The number of aryl methyl sites for hydroxylation is 3. The molecule has 0 fully saturated rings. The molecule has 18 heavy (non-hydrogen) atoms. The SMILES string of the molecule is Cc1ccc(C(O)c2c(C)nn(C)c2C)cc1Cl. The lowest BCUT2D eigenvalue weighted by molar-refractivity contribution is 0.218. The van der Waals surface area contributed by atoms with Gasteiger partial charge in [-0.25, -0.2) is 0 Å². The van der Waals surface area contributed by atoms with E-state index in [0.29, 0.717) is 5.02 Å². The Kier molecular flexibility index (Phi) is 3.46. The van der Waals surface area contributed by atoms with Crippen molar-refractivity contribution in [3.63, 3.8) is 0 Å². The van der Waals surface area contributed by atoms with E-state index in [1.165, 1.54) is 0 Å². The third-order valence-corrected chi connectivity index (χ3v) is 3.76. The second-order valence-corrected chi connectivity index (χ2v) is 5.03. The maximum absolute atomic E-state index is 10.5. The third-order valence-electron chi connectivity index (χ3n) is 3.35. The molecule has 0 spiro atoms. The quantitative estimate of drug-likeness (QED) is 0.905. The van der Waals surface area contributed by atoms with Crippen molar-refractivity contribution in [2.75, 3.05) is 0 Å². The van der Waals surface area contributed by atoms with Crippen LogP contribution in [0.5, 0.6) is 0 Å². The molecule has 0 aliphatic rings. The Morgan fingerprint density at radius 1 is 1.28 bits per heavy atom. The summed E-state index contributed by atoms with van der Waals surface area (Å²) in [6.07, 6.45) is -0.684. The molecule has 1 aromatic carbocycles. The van der Waals surface area contributed by atoms with Gasteiger partial charge in [-0.1, -0.05) is 23.7 Å². The number of nitrogens with zero attached hydrogens (tertiary/aromatic N) is 2. The average molecular weight is 265 g/mol. The molecule has 3 nitrogen and oxygen atoms in total. The summed E-state index contributed by atoms with van der Waals surface area (Å²) in [4.78, 5) is 0. The van der Waals surface area contributed by atoms with Gasteiger partial charge in [0.25, 0.3) is 0 Å². The fourth-order valence-electron chi connectivity index (χ4n) is 2.13. The van der Waals surface area contributed by atoms with Gasteiger partial charge < -0.3 is 5.11 Å². The number of aliphatic hydroxyl groups is 1. The van der Waals surface area contributed by atoms with Crippen molar-refractivity contribution >= 4 is 11.6 Å². The molecule has 1 N–H and O–H groups in total. The van der Waals surface area contributed by atoms with Gasteiger partial charge in [-0.2, -0.15) is 5.10 Å². The van der Waals surface area contributed by atoms with Crippen molar-refractivity contribution in [2.24, 2.45) is 7.05 Å². The molecule has 0 amide bonds. The van der Waals surface area contributed by atoms with Crippen molar-refractivity contribution in [3.8, 4) is 0 Å². The first-order valence-corrected chi connectivity index (χ1v) is 6.23. The van der Waals surface area contributed by atoms with Gasteiger partial charge in [-0.3, -0.25) is 4.68 Å². The minimum absolute atomic E-state index is 0.672. The van der Waals surface area contributed by atoms with E-state index in [9.17, 15) is 5.11 Å². The second kappa shape index (κ2) is 4.75. The van der Waals surface area contributed by atoms with Crippen LogP contribution in [-0.2, 0) is 7.05 Å². The lowest BCUT2D eigenvalue weighted by Crippen LogP contribution is -2.03. The number of hydrogen-bond acceptors (Lipinski definition) is 2. The zero-order valence-corrected chi connectivity index (χ0v) is 11.8. The molecule has 2 aromatic rings. The van der Waals surface area contributed by atoms with Crippen LogP contribution >= 0.6 is 11.6 Å². The lowest BCUT2D eigenvalue weighted by Gasteiger charge is -2.13. The Labute approximate surface area is 112 Å². The summed E-state index contributed by atoms with van der Waals surface area (Å²) in [6.45, 7) is 5.80. The molecule has 0 aliphatic heterocycles. The highest BCUT2D eigenvalue weighted by Gasteiger charge is 2.19. The van der Waals surface area contributed by atoms with Gasteiger partial charge >= 0.3 is 0 Å². The maximum Gasteiger partial charge on any atom is 0.108 e. The van der Waals surface area contributed by atoms with Gasteiger partial charge in [0.15, 0.2) is 0 Å². The van der Waals surface area contributed by atoms with Crippen LogP contribution in [0.2, 0.25) is 5.02 Å². The van der Waals surface area contributed by atoms with Crippen LogP contribution in [0.3, 0.4) is 0 Å². The molecule has 4 heteroatoms. The molecule has 0 aliphatic carbocycles. The summed E-state index contributed by atoms with van der Waals surface area (Å²) >= 11 is 6.10. The largest absolute Gasteiger partial charge is 0.384 e. The molecule has 1 heterocycles. The van der Waals surface area contributed by atoms with Crippen molar-refractivity contribution in [1.29, 1.82) is 0 Å². The van der Waals surface area contributed by atoms with E-state index in [-0.39, 0.29) is 0 Å². The number of aliphatic hydroxyl groups excluding tert-OH is 1. The van der Waals surface area contributed by atoms with Gasteiger partial charge in [0.1, 0.15) is 6.10 Å². The van der Waals surface area contributed by atoms with Crippen LogP contribution < -0.4 is 0 Å². The van der Waals surface area contributed by atoms with Crippen molar-refractivity contribution < 1.29 is 5.11 Å². The Hall–Kier alpha value is -1.32. The first kappa shape index (κ1) is 13.1. The molecule has 0 bridgehead atoms. The number of benzene rings is 1. The first-order chi connectivity index (χ1) is 8.41. The molecule has 2 rings (SSSR count). The smallest absolute Gasteiger partial charge is 0.108 e. The van der Waals surface area contributed by atoms with Crippen LogP contribution in [0.1, 0.15) is 34.2 Å². The standard InChI is InChI=1S/C14H17ClN2O/c1-8-5-6-11(7-12(8)15)14(18)13-9(2)16-17(4)10(13)3/h5-7,14,18H,1-4H3. The number of aromatic nitrogens is 2. The molecule has 0 saturated heterocycles. The molecular formula is C14H17ClN2O. The van der Waals surface area contributed by atoms with E-state index in [0.717, 1.165) is 28.1 Å². The Morgan fingerprint density at radius 3 is 2.44 bits per heavy atom. The van der Waals surface area contributed by atoms with Gasteiger partial charge in [0.05, 0.1) is 5.69 Å². The van der Waals surface area contributed by atoms with Gasteiger partial charge in [0.2, 0.25) is 0 Å². The van der Waals surface area contributed by atoms with E-state index in [1.807, 2.05) is 46.0 Å². The minimum Gasteiger partial charge on any atom is -0.384 e. The zero-order chi connectivity index (χ0) is 13.4. The fourth-order valence-corrected chi connectivity index (χ4v) is 2.32. The molecule has 0 saturated carbocycles. The molecular weight excluding hydrogens is 248 g/mol. The van der Waals surface area contributed by atoms with Gasteiger partial charge in [-0.15, -0.1) is 0 Å². The fraction of sp³-hybridized carbons (Fsp3) is 0.357. The summed E-state index contributed by atoms with van der Waals surface area (Å²) in [5, 5.41) is 15.5. The Balaban J connectivity index is 2.47. The van der Waals surface area contributed by atoms with E-state index in [4.69, 9.17) is 11.6 Å².